The van der Waals surface area contributed by atoms with Crippen LogP contribution in [0.25, 0.3) is 16.7 Å². The summed E-state index contributed by atoms with van der Waals surface area (Å²) < 4.78 is 40.4. The van der Waals surface area contributed by atoms with Gasteiger partial charge in [-0.25, -0.2) is 4.98 Å². The molecular weight excluding hydrogens is 367 g/mol. The van der Waals surface area contributed by atoms with Gasteiger partial charge < -0.3 is 4.90 Å². The van der Waals surface area contributed by atoms with Crippen LogP contribution in [0.5, 0.6) is 0 Å². The van der Waals surface area contributed by atoms with Crippen LogP contribution in [-0.2, 0) is 0 Å². The lowest BCUT2D eigenvalue weighted by Crippen LogP contribution is -2.42. The summed E-state index contributed by atoms with van der Waals surface area (Å²) in [6, 6.07) is 13.3. The zero-order valence-electron chi connectivity index (χ0n) is 15.4. The van der Waals surface area contributed by atoms with Gasteiger partial charge in [-0.2, -0.15) is 13.2 Å². The first kappa shape index (κ1) is 18.5. The van der Waals surface area contributed by atoms with E-state index in [0.29, 0.717) is 11.1 Å². The van der Waals surface area contributed by atoms with Crippen molar-refractivity contribution in [3.63, 3.8) is 0 Å². The van der Waals surface area contributed by atoms with Gasteiger partial charge in [0.1, 0.15) is 6.33 Å². The minimum Gasteiger partial charge on any atom is -0.339 e. The third kappa shape index (κ3) is 3.48. The van der Waals surface area contributed by atoms with E-state index in [1.807, 2.05) is 41.8 Å². The maximum atomic E-state index is 12.8. The number of likely N-dealkylation sites (tertiary alicyclic amines) is 1. The fourth-order valence-electron chi connectivity index (χ4n) is 3.72. The maximum Gasteiger partial charge on any atom is 0.391 e. The number of carbonyl (C=O) groups is 1. The van der Waals surface area contributed by atoms with Crippen LogP contribution in [0.4, 0.5) is 13.2 Å². The van der Waals surface area contributed by atoms with E-state index in [1.54, 1.807) is 18.5 Å². The molecule has 0 spiro atoms. The van der Waals surface area contributed by atoms with Crippen molar-refractivity contribution in [2.75, 3.05) is 13.1 Å². The largest absolute Gasteiger partial charge is 0.391 e. The Bertz CT molecular complexity index is 1020. The molecule has 3 aromatic rings. The van der Waals surface area contributed by atoms with Crippen LogP contribution in [0.15, 0.2) is 48.8 Å². The van der Waals surface area contributed by atoms with Crippen LogP contribution < -0.4 is 0 Å². The summed E-state index contributed by atoms with van der Waals surface area (Å²) in [5, 5.41) is 0. The summed E-state index contributed by atoms with van der Waals surface area (Å²) in [5.74, 6) is -1.56. The molecule has 4 nitrogen and oxygen atoms in total. The molecule has 0 aliphatic carbocycles. The van der Waals surface area contributed by atoms with E-state index in [2.05, 4.69) is 4.98 Å². The fraction of sp³-hybridized carbons (Fsp3) is 0.333. The van der Waals surface area contributed by atoms with Crippen molar-refractivity contribution in [3.8, 4) is 5.69 Å². The number of alkyl halides is 3. The highest BCUT2D eigenvalue weighted by molar-refractivity contribution is 5.97. The number of rotatable bonds is 2. The number of fused-ring (bicyclic) bond motifs is 1. The Morgan fingerprint density at radius 2 is 1.86 bits per heavy atom. The molecule has 1 amide bonds. The Morgan fingerprint density at radius 3 is 2.54 bits per heavy atom. The highest BCUT2D eigenvalue weighted by Gasteiger charge is 2.41. The molecule has 146 valence electrons. The number of benzene rings is 2. The van der Waals surface area contributed by atoms with E-state index in [0.717, 1.165) is 16.8 Å². The summed E-state index contributed by atoms with van der Waals surface area (Å²) in [7, 11) is 0. The predicted octanol–water partition coefficient (Wildman–Crippen LogP) is 4.75. The van der Waals surface area contributed by atoms with Gasteiger partial charge >= 0.3 is 6.18 Å². The molecular formula is C21H20F3N3O. The Kier molecular flexibility index (Phi) is 4.61. The SMILES string of the molecule is Cc1cccc(-n2cnc3cc(C(=O)N4CCC(C(F)(F)F)CC4)ccc32)c1. The van der Waals surface area contributed by atoms with Crippen molar-refractivity contribution in [2.24, 2.45) is 5.92 Å². The van der Waals surface area contributed by atoms with E-state index < -0.39 is 12.1 Å². The zero-order chi connectivity index (χ0) is 19.9. The summed E-state index contributed by atoms with van der Waals surface area (Å²) in [5.41, 5.74) is 4.12. The van der Waals surface area contributed by atoms with Crippen LogP contribution in [0.1, 0.15) is 28.8 Å². The summed E-state index contributed by atoms with van der Waals surface area (Å²) in [6.45, 7) is 2.26. The van der Waals surface area contributed by atoms with E-state index in [4.69, 9.17) is 0 Å². The lowest BCUT2D eigenvalue weighted by Gasteiger charge is -2.33. The minimum absolute atomic E-state index is 0.0422. The third-order valence-electron chi connectivity index (χ3n) is 5.32. The molecule has 28 heavy (non-hydrogen) atoms. The van der Waals surface area contributed by atoms with Gasteiger partial charge in [0.25, 0.3) is 5.91 Å². The summed E-state index contributed by atoms with van der Waals surface area (Å²) in [6.07, 6.45) is -2.56. The minimum atomic E-state index is -4.18. The van der Waals surface area contributed by atoms with Crippen LogP contribution in [0.2, 0.25) is 0 Å². The normalized spacial score (nSPS) is 15.9. The van der Waals surface area contributed by atoms with Gasteiger partial charge in [-0.05, 0) is 55.7 Å². The molecule has 0 N–H and O–H groups in total. The molecule has 1 aliphatic heterocycles. The second-order valence-corrected chi connectivity index (χ2v) is 7.27. The molecule has 2 aromatic carbocycles. The average Bonchev–Trinajstić information content (AvgIpc) is 3.10. The van der Waals surface area contributed by atoms with Gasteiger partial charge in [0, 0.05) is 24.3 Å². The number of hydrogen-bond donors (Lipinski definition) is 0. The van der Waals surface area contributed by atoms with Crippen LogP contribution >= 0.6 is 0 Å². The van der Waals surface area contributed by atoms with Gasteiger partial charge in [-0.3, -0.25) is 9.36 Å². The van der Waals surface area contributed by atoms with E-state index >= 15 is 0 Å². The smallest absolute Gasteiger partial charge is 0.339 e. The van der Waals surface area contributed by atoms with Gasteiger partial charge in [-0.1, -0.05) is 12.1 Å². The Morgan fingerprint density at radius 1 is 1.11 bits per heavy atom. The topological polar surface area (TPSA) is 38.1 Å². The molecule has 0 radical (unpaired) electrons. The predicted molar refractivity (Wildman–Crippen MR) is 100 cm³/mol. The first-order valence-electron chi connectivity index (χ1n) is 9.23. The number of nitrogens with zero attached hydrogens (tertiary/aromatic N) is 3. The Balaban J connectivity index is 1.55. The molecule has 0 atom stereocenters. The molecule has 1 aromatic heterocycles. The van der Waals surface area contributed by atoms with Gasteiger partial charge in [0.2, 0.25) is 0 Å². The number of aryl methyl sites for hydroxylation is 1. The second-order valence-electron chi connectivity index (χ2n) is 7.27. The zero-order valence-corrected chi connectivity index (χ0v) is 15.4. The average molecular weight is 387 g/mol. The number of aromatic nitrogens is 2. The highest BCUT2D eigenvalue weighted by Crippen LogP contribution is 2.34. The Hall–Kier alpha value is -2.83. The first-order valence-corrected chi connectivity index (χ1v) is 9.23. The van der Waals surface area contributed by atoms with Crippen molar-refractivity contribution in [1.82, 2.24) is 14.5 Å². The first-order chi connectivity index (χ1) is 13.3. The molecule has 0 unspecified atom stereocenters. The maximum absolute atomic E-state index is 12.8. The molecule has 2 heterocycles. The van der Waals surface area contributed by atoms with Crippen molar-refractivity contribution in [1.29, 1.82) is 0 Å². The summed E-state index contributed by atoms with van der Waals surface area (Å²) in [4.78, 5) is 18.6. The number of hydrogen-bond acceptors (Lipinski definition) is 2. The van der Waals surface area contributed by atoms with Crippen molar-refractivity contribution < 1.29 is 18.0 Å². The number of piperidine rings is 1. The van der Waals surface area contributed by atoms with Crippen LogP contribution in [0, 0.1) is 12.8 Å². The molecule has 1 fully saturated rings. The molecule has 7 heteroatoms. The monoisotopic (exact) mass is 387 g/mol. The fourth-order valence-corrected chi connectivity index (χ4v) is 3.72. The number of halogens is 3. The molecule has 0 bridgehead atoms. The van der Waals surface area contributed by atoms with Gasteiger partial charge in [-0.15, -0.1) is 0 Å². The lowest BCUT2D eigenvalue weighted by molar-refractivity contribution is -0.183. The van der Waals surface area contributed by atoms with Crippen LogP contribution in [0.3, 0.4) is 0 Å². The van der Waals surface area contributed by atoms with Crippen LogP contribution in [-0.4, -0.2) is 39.6 Å². The number of imidazole rings is 1. The van der Waals surface area contributed by atoms with E-state index in [9.17, 15) is 18.0 Å². The quantitative estimate of drug-likeness (QED) is 0.637. The van der Waals surface area contributed by atoms with Gasteiger partial charge in [0.15, 0.2) is 0 Å². The van der Waals surface area contributed by atoms with Crippen molar-refractivity contribution in [2.45, 2.75) is 25.9 Å². The molecule has 1 saturated heterocycles. The van der Waals surface area contributed by atoms with Crippen molar-refractivity contribution >= 4 is 16.9 Å². The number of carbonyl (C=O) groups excluding carboxylic acids is 1. The number of amides is 1. The highest BCUT2D eigenvalue weighted by atomic mass is 19.4. The van der Waals surface area contributed by atoms with E-state index in [1.165, 1.54) is 4.90 Å². The molecule has 1 aliphatic rings. The third-order valence-corrected chi connectivity index (χ3v) is 5.32. The van der Waals surface area contributed by atoms with E-state index in [-0.39, 0.29) is 31.8 Å². The summed E-state index contributed by atoms with van der Waals surface area (Å²) >= 11 is 0. The standard InChI is InChI=1S/C21H20F3N3O/c1-14-3-2-4-17(11-14)27-13-25-18-12-15(5-6-19(18)27)20(28)26-9-7-16(8-10-26)21(22,23)24/h2-6,11-13,16H,7-10H2,1H3. The van der Waals surface area contributed by atoms with Crippen molar-refractivity contribution in [3.05, 3.63) is 59.9 Å². The molecule has 4 rings (SSSR count). The lowest BCUT2D eigenvalue weighted by atomic mass is 9.96. The molecule has 0 saturated carbocycles. The van der Waals surface area contributed by atoms with Gasteiger partial charge in [0.05, 0.1) is 17.0 Å². The second kappa shape index (κ2) is 6.96. The Labute approximate surface area is 160 Å².